The van der Waals surface area contributed by atoms with Crippen molar-refractivity contribution in [2.75, 3.05) is 6.54 Å². The summed E-state index contributed by atoms with van der Waals surface area (Å²) in [4.78, 5) is 0. The maximum atomic E-state index is 12.9. The van der Waals surface area contributed by atoms with Crippen LogP contribution in [0.4, 0.5) is 0 Å². The van der Waals surface area contributed by atoms with Crippen LogP contribution in [0.3, 0.4) is 0 Å². The van der Waals surface area contributed by atoms with Crippen LogP contribution in [0.15, 0.2) is 0 Å². The molecule has 1 fully saturated rings. The van der Waals surface area contributed by atoms with Gasteiger partial charge in [0.1, 0.15) is 0 Å². The van der Waals surface area contributed by atoms with Crippen LogP contribution in [0.25, 0.3) is 0 Å². The molecule has 1 rings (SSSR count). The number of hydrogen-bond donors (Lipinski definition) is 0. The maximum absolute atomic E-state index is 12.9. The molecule has 0 heterocycles. The second kappa shape index (κ2) is 5.77. The summed E-state index contributed by atoms with van der Waals surface area (Å²) in [6.45, 7) is 14.2. The van der Waals surface area contributed by atoms with Gasteiger partial charge in [-0.1, -0.05) is 27.2 Å². The first-order valence-electron chi connectivity index (χ1n) is 7.58. The Kier molecular flexibility index (Phi) is 5.17. The van der Waals surface area contributed by atoms with Crippen LogP contribution in [0, 0.1) is 5.41 Å². The summed E-state index contributed by atoms with van der Waals surface area (Å²) in [6, 6.07) is 0. The molecule has 19 heavy (non-hydrogen) atoms. The zero-order chi connectivity index (χ0) is 14.9. The van der Waals surface area contributed by atoms with Gasteiger partial charge in [0.05, 0.1) is 0 Å². The van der Waals surface area contributed by atoms with Crippen LogP contribution < -0.4 is 0 Å². The van der Waals surface area contributed by atoms with Crippen LogP contribution in [-0.2, 0) is 9.71 Å². The van der Waals surface area contributed by atoms with Gasteiger partial charge in [0.2, 0.25) is 0 Å². The largest absolute Gasteiger partial charge is 0.252 e. The van der Waals surface area contributed by atoms with E-state index in [4.69, 9.17) is 0 Å². The van der Waals surface area contributed by atoms with Gasteiger partial charge in [-0.05, 0) is 57.7 Å². The standard InChI is InChI=1S/C16H33NOS/c1-15(2,3)12-8-9-13-17(16(4,5)6)19(7,18)14-10-11-14/h14H,7-13H2,1-6H3. The van der Waals surface area contributed by atoms with E-state index in [0.29, 0.717) is 10.7 Å². The Morgan fingerprint density at radius 1 is 1.11 bits per heavy atom. The minimum atomic E-state index is -2.07. The second-order valence-electron chi connectivity index (χ2n) is 8.18. The van der Waals surface area contributed by atoms with Crippen LogP contribution in [-0.4, -0.2) is 31.7 Å². The summed E-state index contributed by atoms with van der Waals surface area (Å²) in [5.74, 6) is 4.08. The molecule has 1 unspecified atom stereocenters. The number of unbranched alkanes of at least 4 members (excludes halogenated alkanes) is 1. The lowest BCUT2D eigenvalue weighted by atomic mass is 9.90. The third kappa shape index (κ3) is 5.47. The SMILES string of the molecule is C=S(=O)(C1CC1)N(CCCCC(C)(C)C)C(C)(C)C. The number of hydrogen-bond acceptors (Lipinski definition) is 1. The Morgan fingerprint density at radius 2 is 1.63 bits per heavy atom. The van der Waals surface area contributed by atoms with E-state index in [-0.39, 0.29) is 5.54 Å². The van der Waals surface area contributed by atoms with Gasteiger partial charge in [-0.3, -0.25) is 4.21 Å². The first-order valence-corrected chi connectivity index (χ1v) is 9.33. The molecular weight excluding hydrogens is 254 g/mol. The average molecular weight is 288 g/mol. The molecule has 0 radical (unpaired) electrons. The van der Waals surface area contributed by atoms with E-state index in [0.717, 1.165) is 25.8 Å². The van der Waals surface area contributed by atoms with E-state index in [1.165, 1.54) is 12.8 Å². The monoisotopic (exact) mass is 287 g/mol. The molecule has 0 saturated heterocycles. The molecule has 0 aromatic rings. The van der Waals surface area contributed by atoms with Gasteiger partial charge in [-0.15, -0.1) is 0 Å². The van der Waals surface area contributed by atoms with E-state index in [9.17, 15) is 4.21 Å². The predicted molar refractivity (Wildman–Crippen MR) is 88.1 cm³/mol. The van der Waals surface area contributed by atoms with Gasteiger partial charge < -0.3 is 0 Å². The number of rotatable bonds is 6. The van der Waals surface area contributed by atoms with Crippen LogP contribution >= 0.6 is 0 Å². The molecule has 1 aliphatic carbocycles. The normalized spacial score (nSPS) is 20.6. The van der Waals surface area contributed by atoms with E-state index < -0.39 is 9.71 Å². The van der Waals surface area contributed by atoms with E-state index in [1.807, 2.05) is 0 Å². The van der Waals surface area contributed by atoms with Gasteiger partial charge in [0, 0.05) is 27.0 Å². The van der Waals surface area contributed by atoms with Gasteiger partial charge in [0.25, 0.3) is 0 Å². The summed E-state index contributed by atoms with van der Waals surface area (Å²) < 4.78 is 15.1. The Hall–Kier alpha value is -0.0200. The Labute approximate surface area is 121 Å². The van der Waals surface area contributed by atoms with Crippen molar-refractivity contribution in [3.8, 4) is 0 Å². The van der Waals surface area contributed by atoms with E-state index in [1.54, 1.807) is 0 Å². The fraction of sp³-hybridized carbons (Fsp3) is 0.938. The molecule has 0 spiro atoms. The zero-order valence-corrected chi connectivity index (χ0v) is 14.6. The van der Waals surface area contributed by atoms with Crippen molar-refractivity contribution in [3.63, 3.8) is 0 Å². The molecule has 0 N–H and O–H groups in total. The summed E-state index contributed by atoms with van der Waals surface area (Å²) in [5.41, 5.74) is 0.345. The van der Waals surface area contributed by atoms with Crippen LogP contribution in [0.2, 0.25) is 0 Å². The van der Waals surface area contributed by atoms with Gasteiger partial charge in [0.15, 0.2) is 0 Å². The lowest BCUT2D eigenvalue weighted by molar-refractivity contribution is 0.249. The highest BCUT2D eigenvalue weighted by Crippen LogP contribution is 2.34. The van der Waals surface area contributed by atoms with Gasteiger partial charge >= 0.3 is 0 Å². The fourth-order valence-electron chi connectivity index (χ4n) is 2.48. The molecule has 1 saturated carbocycles. The highest BCUT2D eigenvalue weighted by atomic mass is 32.2. The van der Waals surface area contributed by atoms with Crippen molar-refractivity contribution < 1.29 is 4.21 Å². The van der Waals surface area contributed by atoms with Crippen molar-refractivity contribution >= 4 is 15.6 Å². The summed E-state index contributed by atoms with van der Waals surface area (Å²) in [5, 5.41) is 0.342. The lowest BCUT2D eigenvalue weighted by Crippen LogP contribution is -2.47. The third-order valence-corrected chi connectivity index (χ3v) is 6.69. The molecule has 0 aliphatic heterocycles. The summed E-state index contributed by atoms with van der Waals surface area (Å²) in [6.07, 6.45) is 5.74. The maximum Gasteiger partial charge on any atom is 0.0405 e. The average Bonchev–Trinajstić information content (AvgIpc) is 2.95. The minimum Gasteiger partial charge on any atom is -0.252 e. The minimum absolute atomic E-state index is 0.0524. The molecule has 1 aliphatic rings. The Balaban J connectivity index is 2.57. The molecule has 1 atom stereocenters. The Morgan fingerprint density at radius 3 is 2.00 bits per heavy atom. The third-order valence-electron chi connectivity index (χ3n) is 3.70. The number of nitrogens with zero attached hydrogens (tertiary/aromatic N) is 1. The molecular formula is C16H33NOS. The zero-order valence-electron chi connectivity index (χ0n) is 13.8. The van der Waals surface area contributed by atoms with Crippen molar-refractivity contribution in [1.82, 2.24) is 4.31 Å². The predicted octanol–water partition coefficient (Wildman–Crippen LogP) is 4.10. The topological polar surface area (TPSA) is 20.3 Å². The molecule has 0 aromatic carbocycles. The van der Waals surface area contributed by atoms with Crippen molar-refractivity contribution in [3.05, 3.63) is 0 Å². The van der Waals surface area contributed by atoms with Crippen molar-refractivity contribution in [1.29, 1.82) is 0 Å². The second-order valence-corrected chi connectivity index (χ2v) is 10.7. The molecule has 114 valence electrons. The van der Waals surface area contributed by atoms with Gasteiger partial charge in [-0.2, -0.15) is 0 Å². The van der Waals surface area contributed by atoms with Gasteiger partial charge in [-0.25, -0.2) is 4.31 Å². The fourth-order valence-corrected chi connectivity index (χ4v) is 5.08. The van der Waals surface area contributed by atoms with Crippen LogP contribution in [0.5, 0.6) is 0 Å². The summed E-state index contributed by atoms with van der Waals surface area (Å²) >= 11 is 0. The smallest absolute Gasteiger partial charge is 0.0405 e. The Bertz CT molecular complexity index is 380. The first-order chi connectivity index (χ1) is 8.44. The lowest BCUT2D eigenvalue weighted by Gasteiger charge is -2.38. The van der Waals surface area contributed by atoms with Crippen molar-refractivity contribution in [2.24, 2.45) is 5.41 Å². The molecule has 0 bridgehead atoms. The highest BCUT2D eigenvalue weighted by Gasteiger charge is 2.38. The molecule has 3 heteroatoms. The quantitative estimate of drug-likeness (QED) is 0.532. The van der Waals surface area contributed by atoms with E-state index >= 15 is 0 Å². The summed E-state index contributed by atoms with van der Waals surface area (Å²) in [7, 11) is -2.07. The molecule has 0 aromatic heterocycles. The molecule has 0 amide bonds. The highest BCUT2D eigenvalue weighted by molar-refractivity contribution is 7.99. The molecule has 2 nitrogen and oxygen atoms in total. The first kappa shape index (κ1) is 17.0. The van der Waals surface area contributed by atoms with Crippen LogP contribution in [0.1, 0.15) is 73.6 Å². The van der Waals surface area contributed by atoms with Crippen molar-refractivity contribution in [2.45, 2.75) is 84.4 Å². The van der Waals surface area contributed by atoms with E-state index in [2.05, 4.69) is 51.7 Å².